The minimum atomic E-state index is 0.0349. The molecule has 3 aromatic heterocycles. The predicted octanol–water partition coefficient (Wildman–Crippen LogP) is 9.44. The molecule has 0 amide bonds. The third-order valence-corrected chi connectivity index (χ3v) is 8.00. The lowest BCUT2D eigenvalue weighted by molar-refractivity contribution is 0.578. The van der Waals surface area contributed by atoms with E-state index in [1.807, 2.05) is 30.5 Å². The third-order valence-electron chi connectivity index (χ3n) is 6.71. The molecule has 0 atom stereocenters. The first kappa shape index (κ1) is 21.1. The Morgan fingerprint density at radius 2 is 1.68 bits per heavy atom. The second kappa shape index (κ2) is 7.54. The standard InChI is InChI=1S/C31H27NOS/c1-18-15-24-23(11-8-12-26(24)33-18)30-19(2)28-27(34-30)13-14-32-29(28)21-16-20-9-6-7-10-22(20)25(17-21)31(3,4)5/h6-17H,1-5H3. The van der Waals surface area contributed by atoms with E-state index in [9.17, 15) is 0 Å². The number of hydrogen-bond acceptors (Lipinski definition) is 3. The summed E-state index contributed by atoms with van der Waals surface area (Å²) < 4.78 is 7.18. The third kappa shape index (κ3) is 3.26. The van der Waals surface area contributed by atoms with Crippen LogP contribution < -0.4 is 0 Å². The Hall–Kier alpha value is -3.43. The fourth-order valence-corrected chi connectivity index (χ4v) is 6.37. The van der Waals surface area contributed by atoms with Crippen LogP contribution in [0.1, 0.15) is 37.7 Å². The molecule has 3 aromatic carbocycles. The number of hydrogen-bond donors (Lipinski definition) is 0. The van der Waals surface area contributed by atoms with Gasteiger partial charge in [0.2, 0.25) is 0 Å². The summed E-state index contributed by atoms with van der Waals surface area (Å²) in [6.07, 6.45) is 1.95. The molecule has 0 fully saturated rings. The van der Waals surface area contributed by atoms with E-state index in [1.54, 1.807) is 0 Å². The molecule has 0 aliphatic heterocycles. The lowest BCUT2D eigenvalue weighted by Crippen LogP contribution is -2.12. The zero-order chi connectivity index (χ0) is 23.6. The molecule has 0 unspecified atom stereocenters. The molecule has 168 valence electrons. The van der Waals surface area contributed by atoms with Crippen molar-refractivity contribution in [3.63, 3.8) is 0 Å². The van der Waals surface area contributed by atoms with Gasteiger partial charge in [-0.05, 0) is 71.5 Å². The normalized spacial score (nSPS) is 12.3. The van der Waals surface area contributed by atoms with Crippen molar-refractivity contribution in [1.29, 1.82) is 0 Å². The molecule has 0 aliphatic rings. The van der Waals surface area contributed by atoms with Gasteiger partial charge in [-0.25, -0.2) is 0 Å². The summed E-state index contributed by atoms with van der Waals surface area (Å²) in [5.74, 6) is 0.939. The summed E-state index contributed by atoms with van der Waals surface area (Å²) in [4.78, 5) is 6.21. The van der Waals surface area contributed by atoms with Crippen molar-refractivity contribution >= 4 is 43.2 Å². The highest BCUT2D eigenvalue weighted by molar-refractivity contribution is 7.22. The van der Waals surface area contributed by atoms with E-state index in [0.717, 1.165) is 17.0 Å². The lowest BCUT2D eigenvalue weighted by atomic mass is 9.82. The van der Waals surface area contributed by atoms with Gasteiger partial charge in [-0.1, -0.05) is 57.2 Å². The molecule has 34 heavy (non-hydrogen) atoms. The SMILES string of the molecule is Cc1cc2c(-c3sc4ccnc(-c5cc(C(C)(C)C)c6ccccc6c5)c4c3C)cccc2o1. The van der Waals surface area contributed by atoms with Gasteiger partial charge < -0.3 is 4.42 Å². The second-order valence-electron chi connectivity index (χ2n) is 10.2. The quantitative estimate of drug-likeness (QED) is 0.257. The Labute approximate surface area is 203 Å². The van der Waals surface area contributed by atoms with Gasteiger partial charge in [-0.2, -0.15) is 0 Å². The number of benzene rings is 3. The van der Waals surface area contributed by atoms with Crippen LogP contribution in [0.25, 0.3) is 53.5 Å². The van der Waals surface area contributed by atoms with Gasteiger partial charge in [0, 0.05) is 37.7 Å². The molecule has 6 aromatic rings. The van der Waals surface area contributed by atoms with E-state index < -0.39 is 0 Å². The highest BCUT2D eigenvalue weighted by Crippen LogP contribution is 2.45. The molecular formula is C31H27NOS. The molecule has 0 radical (unpaired) electrons. The molecule has 3 heterocycles. The minimum Gasteiger partial charge on any atom is -0.461 e. The summed E-state index contributed by atoms with van der Waals surface area (Å²) in [5.41, 5.74) is 7.07. The summed E-state index contributed by atoms with van der Waals surface area (Å²) >= 11 is 1.84. The van der Waals surface area contributed by atoms with E-state index in [1.165, 1.54) is 53.4 Å². The molecule has 0 spiro atoms. The van der Waals surface area contributed by atoms with Crippen molar-refractivity contribution in [1.82, 2.24) is 4.98 Å². The maximum Gasteiger partial charge on any atom is 0.134 e. The Morgan fingerprint density at radius 1 is 0.853 bits per heavy atom. The first-order valence-corrected chi connectivity index (χ1v) is 12.5. The molecule has 3 heteroatoms. The summed E-state index contributed by atoms with van der Waals surface area (Å²) in [6, 6.07) is 24.0. The number of pyridine rings is 1. The van der Waals surface area contributed by atoms with Gasteiger partial charge >= 0.3 is 0 Å². The zero-order valence-electron chi connectivity index (χ0n) is 20.2. The fraction of sp³-hybridized carbons (Fsp3) is 0.194. The number of aryl methyl sites for hydroxylation is 2. The number of nitrogens with zero attached hydrogens (tertiary/aromatic N) is 1. The Kier molecular flexibility index (Phi) is 4.69. The molecule has 2 nitrogen and oxygen atoms in total. The Morgan fingerprint density at radius 3 is 2.50 bits per heavy atom. The van der Waals surface area contributed by atoms with Crippen molar-refractivity contribution < 1.29 is 4.42 Å². The van der Waals surface area contributed by atoms with Crippen LogP contribution in [0.2, 0.25) is 0 Å². The average Bonchev–Trinajstić information content (AvgIpc) is 3.36. The molecule has 0 aliphatic carbocycles. The van der Waals surface area contributed by atoms with Crippen LogP contribution in [0.3, 0.4) is 0 Å². The summed E-state index contributed by atoms with van der Waals surface area (Å²) in [6.45, 7) is 11.1. The predicted molar refractivity (Wildman–Crippen MR) is 146 cm³/mol. The number of furan rings is 1. The van der Waals surface area contributed by atoms with E-state index in [4.69, 9.17) is 9.40 Å². The topological polar surface area (TPSA) is 26.0 Å². The molecule has 0 N–H and O–H groups in total. The van der Waals surface area contributed by atoms with Crippen LogP contribution in [0.4, 0.5) is 0 Å². The van der Waals surface area contributed by atoms with Gasteiger partial charge in [0.05, 0.1) is 5.69 Å². The first-order valence-electron chi connectivity index (χ1n) is 11.7. The van der Waals surface area contributed by atoms with Crippen LogP contribution in [-0.2, 0) is 5.41 Å². The lowest BCUT2D eigenvalue weighted by Gasteiger charge is -2.23. The molecule has 0 saturated heterocycles. The van der Waals surface area contributed by atoms with Gasteiger partial charge in [0.25, 0.3) is 0 Å². The molecule has 0 bridgehead atoms. The van der Waals surface area contributed by atoms with E-state index in [0.29, 0.717) is 0 Å². The second-order valence-corrected chi connectivity index (χ2v) is 11.2. The number of thiophene rings is 1. The Bertz CT molecular complexity index is 1710. The average molecular weight is 462 g/mol. The maximum atomic E-state index is 5.92. The number of rotatable bonds is 2. The zero-order valence-corrected chi connectivity index (χ0v) is 21.0. The fourth-order valence-electron chi connectivity index (χ4n) is 5.12. The van der Waals surface area contributed by atoms with Crippen molar-refractivity contribution in [2.45, 2.75) is 40.0 Å². The van der Waals surface area contributed by atoms with E-state index >= 15 is 0 Å². The highest BCUT2D eigenvalue weighted by atomic mass is 32.1. The summed E-state index contributed by atoms with van der Waals surface area (Å²) in [7, 11) is 0. The van der Waals surface area contributed by atoms with Crippen LogP contribution in [0.15, 0.2) is 77.3 Å². The Balaban J connectivity index is 1.63. The highest BCUT2D eigenvalue weighted by Gasteiger charge is 2.21. The minimum absolute atomic E-state index is 0.0349. The summed E-state index contributed by atoms with van der Waals surface area (Å²) in [5, 5.41) is 4.99. The van der Waals surface area contributed by atoms with Crippen molar-refractivity contribution in [2.75, 3.05) is 0 Å². The molecule has 0 saturated carbocycles. The van der Waals surface area contributed by atoms with Crippen LogP contribution in [-0.4, -0.2) is 4.98 Å². The van der Waals surface area contributed by atoms with Crippen molar-refractivity contribution in [2.24, 2.45) is 0 Å². The first-order chi connectivity index (χ1) is 16.3. The van der Waals surface area contributed by atoms with E-state index in [2.05, 4.69) is 88.4 Å². The van der Waals surface area contributed by atoms with Crippen LogP contribution >= 0.6 is 11.3 Å². The number of fused-ring (bicyclic) bond motifs is 3. The van der Waals surface area contributed by atoms with Gasteiger partial charge in [-0.3, -0.25) is 4.98 Å². The smallest absolute Gasteiger partial charge is 0.134 e. The molecule has 6 rings (SSSR count). The van der Waals surface area contributed by atoms with E-state index in [-0.39, 0.29) is 5.41 Å². The monoisotopic (exact) mass is 461 g/mol. The molecular weight excluding hydrogens is 434 g/mol. The van der Waals surface area contributed by atoms with Crippen LogP contribution in [0, 0.1) is 13.8 Å². The van der Waals surface area contributed by atoms with Gasteiger partial charge in [0.1, 0.15) is 11.3 Å². The van der Waals surface area contributed by atoms with Crippen molar-refractivity contribution in [3.05, 3.63) is 89.8 Å². The maximum absolute atomic E-state index is 5.92. The van der Waals surface area contributed by atoms with Crippen molar-refractivity contribution in [3.8, 4) is 21.7 Å². The largest absolute Gasteiger partial charge is 0.461 e. The van der Waals surface area contributed by atoms with Gasteiger partial charge in [-0.15, -0.1) is 11.3 Å². The number of aromatic nitrogens is 1. The van der Waals surface area contributed by atoms with Gasteiger partial charge in [0.15, 0.2) is 0 Å². The van der Waals surface area contributed by atoms with Crippen LogP contribution in [0.5, 0.6) is 0 Å².